The number of carbonyl (C=O) groups excluding carboxylic acids is 1. The van der Waals surface area contributed by atoms with E-state index in [1.807, 2.05) is 48.2 Å². The van der Waals surface area contributed by atoms with Crippen LogP contribution >= 0.6 is 0 Å². The predicted octanol–water partition coefficient (Wildman–Crippen LogP) is 3.38. The molecule has 0 bridgehead atoms. The molecular weight excluding hydrogens is 380 g/mol. The number of benzene rings is 2. The minimum atomic E-state index is 0.0554. The molecule has 1 fully saturated rings. The summed E-state index contributed by atoms with van der Waals surface area (Å²) in [5, 5.41) is 0. The first-order valence-corrected chi connectivity index (χ1v) is 10.1. The van der Waals surface area contributed by atoms with E-state index in [-0.39, 0.29) is 5.91 Å². The van der Waals surface area contributed by atoms with Crippen molar-refractivity contribution in [2.45, 2.75) is 13.5 Å². The molecule has 0 N–H and O–H groups in total. The van der Waals surface area contributed by atoms with Crippen LogP contribution in [0.2, 0.25) is 0 Å². The number of hydrogen-bond acceptors (Lipinski definition) is 5. The first-order chi connectivity index (χ1) is 14.5. The highest BCUT2D eigenvalue weighted by molar-refractivity contribution is 5.91. The normalized spacial score (nSPS) is 14.7. The van der Waals surface area contributed by atoms with Gasteiger partial charge in [-0.15, -0.1) is 0 Å². The van der Waals surface area contributed by atoms with Crippen molar-refractivity contribution in [1.29, 1.82) is 0 Å². The van der Waals surface area contributed by atoms with Gasteiger partial charge in [0.05, 0.1) is 21.3 Å². The van der Waals surface area contributed by atoms with E-state index in [0.29, 0.717) is 30.3 Å². The van der Waals surface area contributed by atoms with Crippen molar-refractivity contribution in [2.75, 3.05) is 47.5 Å². The van der Waals surface area contributed by atoms with E-state index in [0.717, 1.165) is 30.8 Å². The molecule has 1 aliphatic heterocycles. The molecule has 160 valence electrons. The summed E-state index contributed by atoms with van der Waals surface area (Å²) >= 11 is 0. The first kappa shape index (κ1) is 21.7. The Labute approximate surface area is 178 Å². The Morgan fingerprint density at radius 2 is 1.70 bits per heavy atom. The lowest BCUT2D eigenvalue weighted by atomic mass is 10.1. The summed E-state index contributed by atoms with van der Waals surface area (Å²) in [4.78, 5) is 16.8. The quantitative estimate of drug-likeness (QED) is 0.655. The summed E-state index contributed by atoms with van der Waals surface area (Å²) in [5.74, 6) is 2.00. The van der Waals surface area contributed by atoms with Crippen molar-refractivity contribution in [3.8, 4) is 17.2 Å². The maximum atomic E-state index is 12.5. The SMILES string of the molecule is COc1ccc(CN2CCN(C(=O)/C=C/c3cccc(C)c3)CC2)c(OC)c1OC. The third-order valence-electron chi connectivity index (χ3n) is 5.32. The van der Waals surface area contributed by atoms with E-state index in [4.69, 9.17) is 14.2 Å². The number of rotatable bonds is 7. The number of ether oxygens (including phenoxy) is 3. The van der Waals surface area contributed by atoms with E-state index in [1.54, 1.807) is 27.4 Å². The van der Waals surface area contributed by atoms with E-state index in [9.17, 15) is 4.79 Å². The molecule has 1 saturated heterocycles. The predicted molar refractivity (Wildman–Crippen MR) is 118 cm³/mol. The monoisotopic (exact) mass is 410 g/mol. The Morgan fingerprint density at radius 1 is 0.967 bits per heavy atom. The molecule has 6 heteroatoms. The Morgan fingerprint density at radius 3 is 2.33 bits per heavy atom. The zero-order valence-corrected chi connectivity index (χ0v) is 18.2. The van der Waals surface area contributed by atoms with Crippen molar-refractivity contribution in [2.24, 2.45) is 0 Å². The molecule has 1 heterocycles. The number of piperazine rings is 1. The summed E-state index contributed by atoms with van der Waals surface area (Å²) in [6.45, 7) is 5.79. The second kappa shape index (κ2) is 10.2. The van der Waals surface area contributed by atoms with Crippen LogP contribution in [0.4, 0.5) is 0 Å². The molecule has 0 spiro atoms. The first-order valence-electron chi connectivity index (χ1n) is 10.1. The highest BCUT2D eigenvalue weighted by Gasteiger charge is 2.22. The molecule has 6 nitrogen and oxygen atoms in total. The molecule has 0 atom stereocenters. The van der Waals surface area contributed by atoms with Crippen LogP contribution in [0.5, 0.6) is 17.2 Å². The van der Waals surface area contributed by atoms with Crippen LogP contribution in [0.3, 0.4) is 0 Å². The standard InChI is InChI=1S/C24H30N2O4/c1-18-6-5-7-19(16-18)8-11-22(27)26-14-12-25(13-15-26)17-20-9-10-21(28-2)24(30-4)23(20)29-3/h5-11,16H,12-15,17H2,1-4H3/b11-8+. The summed E-state index contributed by atoms with van der Waals surface area (Å²) in [6.07, 6.45) is 3.55. The summed E-state index contributed by atoms with van der Waals surface area (Å²) in [5.41, 5.74) is 3.26. The van der Waals surface area contributed by atoms with Gasteiger partial charge >= 0.3 is 0 Å². The van der Waals surface area contributed by atoms with Gasteiger partial charge in [0.1, 0.15) is 0 Å². The number of hydrogen-bond donors (Lipinski definition) is 0. The molecule has 1 amide bonds. The average Bonchev–Trinajstić information content (AvgIpc) is 2.77. The minimum Gasteiger partial charge on any atom is -0.493 e. The summed E-state index contributed by atoms with van der Waals surface area (Å²) < 4.78 is 16.4. The van der Waals surface area contributed by atoms with Gasteiger partial charge in [-0.1, -0.05) is 35.9 Å². The van der Waals surface area contributed by atoms with Gasteiger partial charge in [-0.3, -0.25) is 9.69 Å². The number of nitrogens with zero attached hydrogens (tertiary/aromatic N) is 2. The number of amides is 1. The van der Waals surface area contributed by atoms with Crippen molar-refractivity contribution in [3.63, 3.8) is 0 Å². The van der Waals surface area contributed by atoms with Gasteiger partial charge in [0.2, 0.25) is 11.7 Å². The topological polar surface area (TPSA) is 51.2 Å². The Balaban J connectivity index is 1.59. The van der Waals surface area contributed by atoms with Crippen LogP contribution < -0.4 is 14.2 Å². The second-order valence-corrected chi connectivity index (χ2v) is 7.34. The van der Waals surface area contributed by atoms with Gasteiger partial charge < -0.3 is 19.1 Å². The molecule has 0 radical (unpaired) electrons. The highest BCUT2D eigenvalue weighted by atomic mass is 16.5. The van der Waals surface area contributed by atoms with Crippen LogP contribution in [0, 0.1) is 6.92 Å². The second-order valence-electron chi connectivity index (χ2n) is 7.34. The van der Waals surface area contributed by atoms with Crippen LogP contribution in [0.25, 0.3) is 6.08 Å². The van der Waals surface area contributed by atoms with Crippen molar-refractivity contribution in [1.82, 2.24) is 9.80 Å². The molecule has 3 rings (SSSR count). The van der Waals surface area contributed by atoms with E-state index >= 15 is 0 Å². The third-order valence-corrected chi connectivity index (χ3v) is 5.32. The van der Waals surface area contributed by atoms with E-state index in [1.165, 1.54) is 5.56 Å². The van der Waals surface area contributed by atoms with Crippen molar-refractivity contribution < 1.29 is 19.0 Å². The van der Waals surface area contributed by atoms with Gasteiger partial charge in [-0.25, -0.2) is 0 Å². The number of carbonyl (C=O) groups is 1. The molecule has 0 aliphatic carbocycles. The number of methoxy groups -OCH3 is 3. The van der Waals surface area contributed by atoms with E-state index in [2.05, 4.69) is 11.0 Å². The Hall–Kier alpha value is -2.99. The van der Waals surface area contributed by atoms with Crippen LogP contribution in [-0.2, 0) is 11.3 Å². The molecule has 2 aromatic rings. The largest absolute Gasteiger partial charge is 0.493 e. The number of aryl methyl sites for hydroxylation is 1. The van der Waals surface area contributed by atoms with Crippen LogP contribution in [-0.4, -0.2) is 63.2 Å². The molecule has 0 unspecified atom stereocenters. The molecule has 1 aliphatic rings. The van der Waals surface area contributed by atoms with E-state index < -0.39 is 0 Å². The Kier molecular flexibility index (Phi) is 7.36. The lowest BCUT2D eigenvalue weighted by Gasteiger charge is -2.34. The zero-order valence-electron chi connectivity index (χ0n) is 18.2. The zero-order chi connectivity index (χ0) is 21.5. The fourth-order valence-corrected chi connectivity index (χ4v) is 3.70. The van der Waals surface area contributed by atoms with Gasteiger partial charge in [-0.2, -0.15) is 0 Å². The highest BCUT2D eigenvalue weighted by Crippen LogP contribution is 2.40. The fourth-order valence-electron chi connectivity index (χ4n) is 3.70. The third kappa shape index (κ3) is 5.13. The maximum Gasteiger partial charge on any atom is 0.246 e. The van der Waals surface area contributed by atoms with Crippen molar-refractivity contribution in [3.05, 3.63) is 59.2 Å². The van der Waals surface area contributed by atoms with Crippen LogP contribution in [0.1, 0.15) is 16.7 Å². The lowest BCUT2D eigenvalue weighted by Crippen LogP contribution is -2.47. The minimum absolute atomic E-state index is 0.0554. The summed E-state index contributed by atoms with van der Waals surface area (Å²) in [7, 11) is 4.86. The Bertz CT molecular complexity index is 902. The smallest absolute Gasteiger partial charge is 0.246 e. The van der Waals surface area contributed by atoms with Gasteiger partial charge in [0.25, 0.3) is 0 Å². The molecule has 30 heavy (non-hydrogen) atoms. The lowest BCUT2D eigenvalue weighted by molar-refractivity contribution is -0.127. The van der Waals surface area contributed by atoms with Gasteiger partial charge in [0.15, 0.2) is 11.5 Å². The van der Waals surface area contributed by atoms with Gasteiger partial charge in [-0.05, 0) is 24.6 Å². The molecule has 0 aromatic heterocycles. The average molecular weight is 411 g/mol. The van der Waals surface area contributed by atoms with Crippen LogP contribution in [0.15, 0.2) is 42.5 Å². The fraction of sp³-hybridized carbons (Fsp3) is 0.375. The summed E-state index contributed by atoms with van der Waals surface area (Å²) in [6, 6.07) is 12.0. The maximum absolute atomic E-state index is 12.5. The molecule has 2 aromatic carbocycles. The van der Waals surface area contributed by atoms with Gasteiger partial charge in [0, 0.05) is 44.4 Å². The molecule has 0 saturated carbocycles. The molecular formula is C24H30N2O4. The van der Waals surface area contributed by atoms with Crippen molar-refractivity contribution >= 4 is 12.0 Å².